The number of hydrogen-bond donors (Lipinski definition) is 1. The molecule has 0 fully saturated rings. The molecule has 0 aliphatic carbocycles. The summed E-state index contributed by atoms with van der Waals surface area (Å²) in [4.78, 5) is 12.8. The van der Waals surface area contributed by atoms with E-state index in [1.165, 1.54) is 11.3 Å². The molecule has 0 saturated heterocycles. The van der Waals surface area contributed by atoms with E-state index in [0.29, 0.717) is 5.75 Å². The molecule has 1 aromatic carbocycles. The molecule has 1 heterocycles. The number of hydrogen-bond acceptors (Lipinski definition) is 3. The Balaban J connectivity index is 1.82. The molecule has 1 atom stereocenters. The summed E-state index contributed by atoms with van der Waals surface area (Å²) in [6.07, 6.45) is 0. The summed E-state index contributed by atoms with van der Waals surface area (Å²) in [5.74, 6) is 0.535. The average Bonchev–Trinajstić information content (AvgIpc) is 2.85. The molecule has 3 nitrogen and oxygen atoms in total. The third-order valence-electron chi connectivity index (χ3n) is 2.58. The van der Waals surface area contributed by atoms with Crippen molar-refractivity contribution in [1.82, 2.24) is 5.32 Å². The first-order valence-corrected chi connectivity index (χ1v) is 8.25. The van der Waals surface area contributed by atoms with Crippen molar-refractivity contribution in [1.29, 1.82) is 0 Å². The fraction of sp³-hybridized carbons (Fsp3) is 0.214. The maximum absolute atomic E-state index is 11.8. The van der Waals surface area contributed by atoms with Crippen molar-refractivity contribution >= 4 is 51.4 Å². The smallest absolute Gasteiger partial charge is 0.258 e. The number of carbonyl (C=O) groups excluding carboxylic acids is 1. The van der Waals surface area contributed by atoms with Crippen LogP contribution in [0.5, 0.6) is 5.75 Å². The van der Waals surface area contributed by atoms with Gasteiger partial charge in [-0.2, -0.15) is 0 Å². The molecule has 20 heavy (non-hydrogen) atoms. The molecule has 0 spiro atoms. The third kappa shape index (κ3) is 4.64. The Morgan fingerprint density at radius 3 is 2.65 bits per heavy atom. The lowest BCUT2D eigenvalue weighted by atomic mass is 10.3. The first-order valence-electron chi connectivity index (χ1n) is 5.97. The fourth-order valence-electron chi connectivity index (χ4n) is 1.59. The second kappa shape index (κ2) is 7.28. The largest absolute Gasteiger partial charge is 0.484 e. The zero-order valence-corrected chi connectivity index (χ0v) is 14.5. The van der Waals surface area contributed by atoms with Gasteiger partial charge in [0.2, 0.25) is 0 Å². The van der Waals surface area contributed by atoms with Crippen LogP contribution in [-0.4, -0.2) is 12.5 Å². The molecule has 2 rings (SSSR count). The highest BCUT2D eigenvalue weighted by atomic mass is 127. The Morgan fingerprint density at radius 2 is 2.05 bits per heavy atom. The van der Waals surface area contributed by atoms with Crippen LogP contribution in [0, 0.1) is 3.57 Å². The first-order chi connectivity index (χ1) is 9.54. The first kappa shape index (κ1) is 15.6. The molecule has 6 heteroatoms. The summed E-state index contributed by atoms with van der Waals surface area (Å²) in [6.45, 7) is 1.93. The molecule has 0 radical (unpaired) electrons. The van der Waals surface area contributed by atoms with Crippen molar-refractivity contribution in [2.45, 2.75) is 13.0 Å². The summed E-state index contributed by atoms with van der Waals surface area (Å²) in [7, 11) is 0. The number of carbonyl (C=O) groups is 1. The maximum Gasteiger partial charge on any atom is 0.258 e. The van der Waals surface area contributed by atoms with Crippen molar-refractivity contribution in [2.24, 2.45) is 0 Å². The van der Waals surface area contributed by atoms with E-state index in [1.807, 2.05) is 43.3 Å². The molecule has 0 bridgehead atoms. The van der Waals surface area contributed by atoms with Crippen LogP contribution in [0.1, 0.15) is 17.8 Å². The third-order valence-corrected chi connectivity index (χ3v) is 4.71. The Morgan fingerprint density at radius 1 is 1.35 bits per heavy atom. The molecular formula is C14H13ClINO2S. The van der Waals surface area contributed by atoms with Crippen LogP contribution in [0.2, 0.25) is 4.34 Å². The van der Waals surface area contributed by atoms with Gasteiger partial charge in [0, 0.05) is 8.45 Å². The number of nitrogens with one attached hydrogen (secondary N) is 1. The van der Waals surface area contributed by atoms with E-state index in [9.17, 15) is 4.79 Å². The number of rotatable bonds is 5. The van der Waals surface area contributed by atoms with Gasteiger partial charge in [-0.3, -0.25) is 4.79 Å². The highest BCUT2D eigenvalue weighted by molar-refractivity contribution is 14.1. The van der Waals surface area contributed by atoms with Crippen LogP contribution in [0.4, 0.5) is 0 Å². The van der Waals surface area contributed by atoms with E-state index in [2.05, 4.69) is 27.9 Å². The summed E-state index contributed by atoms with van der Waals surface area (Å²) in [6, 6.07) is 11.2. The van der Waals surface area contributed by atoms with Crippen molar-refractivity contribution in [3.63, 3.8) is 0 Å². The van der Waals surface area contributed by atoms with E-state index in [1.54, 1.807) is 0 Å². The van der Waals surface area contributed by atoms with Crippen molar-refractivity contribution in [3.05, 3.63) is 49.2 Å². The Bertz CT molecular complexity index is 585. The summed E-state index contributed by atoms with van der Waals surface area (Å²) in [5, 5.41) is 2.88. The average molecular weight is 422 g/mol. The van der Waals surface area contributed by atoms with Crippen LogP contribution in [0.15, 0.2) is 36.4 Å². The molecule has 1 aromatic heterocycles. The molecule has 1 N–H and O–H groups in total. The van der Waals surface area contributed by atoms with Gasteiger partial charge in [-0.25, -0.2) is 0 Å². The van der Waals surface area contributed by atoms with Crippen LogP contribution < -0.4 is 10.1 Å². The number of amides is 1. The second-order valence-electron chi connectivity index (χ2n) is 4.17. The Kier molecular flexibility index (Phi) is 5.68. The van der Waals surface area contributed by atoms with Gasteiger partial charge < -0.3 is 10.1 Å². The van der Waals surface area contributed by atoms with Crippen molar-refractivity contribution in [2.75, 3.05) is 6.61 Å². The van der Waals surface area contributed by atoms with Crippen molar-refractivity contribution in [3.8, 4) is 5.75 Å². The van der Waals surface area contributed by atoms with Gasteiger partial charge >= 0.3 is 0 Å². The molecule has 0 saturated carbocycles. The predicted octanol–water partition coefficient (Wildman–Crippen LogP) is 4.26. The normalized spacial score (nSPS) is 11.9. The lowest BCUT2D eigenvalue weighted by molar-refractivity contribution is -0.123. The van der Waals surface area contributed by atoms with E-state index >= 15 is 0 Å². The van der Waals surface area contributed by atoms with Crippen LogP contribution in [0.3, 0.4) is 0 Å². The second-order valence-corrected chi connectivity index (χ2v) is 7.17. The highest BCUT2D eigenvalue weighted by Gasteiger charge is 2.12. The number of thiophene rings is 1. The fourth-order valence-corrected chi connectivity index (χ4v) is 3.02. The predicted molar refractivity (Wildman–Crippen MR) is 90.5 cm³/mol. The minimum Gasteiger partial charge on any atom is -0.484 e. The molecule has 1 amide bonds. The number of halogens is 2. The number of benzene rings is 1. The van der Waals surface area contributed by atoms with Crippen LogP contribution in [0.25, 0.3) is 0 Å². The molecule has 0 aliphatic heterocycles. The summed E-state index contributed by atoms with van der Waals surface area (Å²) < 4.78 is 7.27. The lowest BCUT2D eigenvalue weighted by Gasteiger charge is -2.12. The van der Waals surface area contributed by atoms with Gasteiger partial charge in [0.25, 0.3) is 5.91 Å². The molecular weight excluding hydrogens is 409 g/mol. The zero-order chi connectivity index (χ0) is 14.5. The minimum absolute atomic E-state index is 0.00401. The SMILES string of the molecule is CC(NC(=O)COc1ccc(I)cc1)c1ccc(Cl)s1. The zero-order valence-electron chi connectivity index (χ0n) is 10.7. The highest BCUT2D eigenvalue weighted by Crippen LogP contribution is 2.26. The molecule has 2 aromatic rings. The van der Waals surface area contributed by atoms with E-state index in [-0.39, 0.29) is 18.6 Å². The van der Waals surface area contributed by atoms with Crippen LogP contribution in [-0.2, 0) is 4.79 Å². The molecule has 106 valence electrons. The van der Waals surface area contributed by atoms with Crippen LogP contribution >= 0.6 is 45.5 Å². The van der Waals surface area contributed by atoms with Gasteiger partial charge in [-0.1, -0.05) is 11.6 Å². The monoisotopic (exact) mass is 421 g/mol. The van der Waals surface area contributed by atoms with Gasteiger partial charge in [-0.05, 0) is 65.9 Å². The summed E-state index contributed by atoms with van der Waals surface area (Å²) >= 11 is 9.56. The Hall–Kier alpha value is -0.790. The van der Waals surface area contributed by atoms with Gasteiger partial charge in [0.05, 0.1) is 10.4 Å². The maximum atomic E-state index is 11.8. The molecule has 1 unspecified atom stereocenters. The van der Waals surface area contributed by atoms with E-state index in [0.717, 1.165) is 12.8 Å². The lowest BCUT2D eigenvalue weighted by Crippen LogP contribution is -2.30. The summed E-state index contributed by atoms with van der Waals surface area (Å²) in [5.41, 5.74) is 0. The quantitative estimate of drug-likeness (QED) is 0.733. The molecule has 0 aliphatic rings. The topological polar surface area (TPSA) is 38.3 Å². The van der Waals surface area contributed by atoms with Gasteiger partial charge in [0.1, 0.15) is 5.75 Å². The van der Waals surface area contributed by atoms with Crippen molar-refractivity contribution < 1.29 is 9.53 Å². The van der Waals surface area contributed by atoms with Gasteiger partial charge in [0.15, 0.2) is 6.61 Å². The van der Waals surface area contributed by atoms with E-state index in [4.69, 9.17) is 16.3 Å². The van der Waals surface area contributed by atoms with Gasteiger partial charge in [-0.15, -0.1) is 11.3 Å². The minimum atomic E-state index is -0.152. The number of ether oxygens (including phenoxy) is 1. The standard InChI is InChI=1S/C14H13ClINO2S/c1-9(12-6-7-13(15)20-12)17-14(18)8-19-11-4-2-10(16)3-5-11/h2-7,9H,8H2,1H3,(H,17,18). The van der Waals surface area contributed by atoms with E-state index < -0.39 is 0 Å². The Labute approximate surface area is 140 Å².